The minimum atomic E-state index is -0.565. The van der Waals surface area contributed by atoms with Gasteiger partial charge in [0.05, 0.1) is 6.10 Å². The van der Waals surface area contributed by atoms with Gasteiger partial charge in [-0.25, -0.2) is 0 Å². The molecule has 19 heavy (non-hydrogen) atoms. The van der Waals surface area contributed by atoms with Crippen molar-refractivity contribution >= 4 is 5.91 Å². The molecular formula is C13H15N3O3. The van der Waals surface area contributed by atoms with E-state index in [1.165, 1.54) is 0 Å². The molecule has 6 nitrogen and oxygen atoms in total. The minimum Gasteiger partial charge on any atom is -0.421 e. The lowest BCUT2D eigenvalue weighted by Crippen LogP contribution is -2.30. The van der Waals surface area contributed by atoms with Gasteiger partial charge in [-0.05, 0) is 31.2 Å². The van der Waals surface area contributed by atoms with E-state index in [1.54, 1.807) is 38.1 Å². The van der Waals surface area contributed by atoms with E-state index in [0.29, 0.717) is 17.3 Å². The number of amides is 1. The third kappa shape index (κ3) is 3.38. The van der Waals surface area contributed by atoms with Gasteiger partial charge in [0.2, 0.25) is 11.8 Å². The van der Waals surface area contributed by atoms with E-state index in [4.69, 9.17) is 9.52 Å². The van der Waals surface area contributed by atoms with Crippen LogP contribution in [0.3, 0.4) is 0 Å². The van der Waals surface area contributed by atoms with Gasteiger partial charge >= 0.3 is 0 Å². The number of aliphatic hydroxyl groups excluding tert-OH is 1. The number of carbonyl (C=O) groups excluding carboxylic acids is 1. The summed E-state index contributed by atoms with van der Waals surface area (Å²) in [5.41, 5.74) is 1.27. The van der Waals surface area contributed by atoms with Crippen molar-refractivity contribution in [3.8, 4) is 11.5 Å². The van der Waals surface area contributed by atoms with Crippen molar-refractivity contribution in [2.45, 2.75) is 20.0 Å². The third-order valence-corrected chi connectivity index (χ3v) is 2.48. The quantitative estimate of drug-likeness (QED) is 0.862. The topological polar surface area (TPSA) is 88.2 Å². The van der Waals surface area contributed by atoms with Crippen LogP contribution in [0.5, 0.6) is 0 Å². The Morgan fingerprint density at radius 2 is 2.05 bits per heavy atom. The minimum absolute atomic E-state index is 0.226. The molecule has 0 spiro atoms. The molecule has 2 aromatic rings. The molecule has 100 valence electrons. The summed E-state index contributed by atoms with van der Waals surface area (Å²) in [7, 11) is 0. The molecular weight excluding hydrogens is 246 g/mol. The summed E-state index contributed by atoms with van der Waals surface area (Å²) < 4.78 is 5.29. The lowest BCUT2D eigenvalue weighted by Gasteiger charge is -2.07. The highest BCUT2D eigenvalue weighted by Crippen LogP contribution is 2.17. The average Bonchev–Trinajstić information content (AvgIpc) is 2.83. The highest BCUT2D eigenvalue weighted by atomic mass is 16.4. The van der Waals surface area contributed by atoms with Gasteiger partial charge in [-0.15, -0.1) is 10.2 Å². The first kappa shape index (κ1) is 13.2. The van der Waals surface area contributed by atoms with E-state index in [0.717, 1.165) is 5.56 Å². The summed E-state index contributed by atoms with van der Waals surface area (Å²) in [5, 5.41) is 19.4. The van der Waals surface area contributed by atoms with Crippen molar-refractivity contribution in [3.05, 3.63) is 35.7 Å². The number of rotatable bonds is 4. The number of benzene rings is 1. The van der Waals surface area contributed by atoms with Crippen molar-refractivity contribution in [3.63, 3.8) is 0 Å². The Kier molecular flexibility index (Phi) is 3.91. The zero-order chi connectivity index (χ0) is 13.8. The average molecular weight is 261 g/mol. The molecule has 1 unspecified atom stereocenters. The maximum absolute atomic E-state index is 11.7. The summed E-state index contributed by atoms with van der Waals surface area (Å²) >= 11 is 0. The molecule has 0 aliphatic rings. The molecule has 1 atom stereocenters. The monoisotopic (exact) mass is 261 g/mol. The predicted molar refractivity (Wildman–Crippen MR) is 68.5 cm³/mol. The van der Waals surface area contributed by atoms with Crippen molar-refractivity contribution in [1.82, 2.24) is 15.5 Å². The second kappa shape index (κ2) is 5.62. The molecule has 1 aromatic carbocycles. The number of nitrogens with zero attached hydrogens (tertiary/aromatic N) is 2. The fourth-order valence-corrected chi connectivity index (χ4v) is 1.52. The Morgan fingerprint density at radius 3 is 2.58 bits per heavy atom. The first-order valence-corrected chi connectivity index (χ1v) is 5.93. The van der Waals surface area contributed by atoms with Crippen LogP contribution < -0.4 is 5.32 Å². The van der Waals surface area contributed by atoms with Crippen LogP contribution in [0.4, 0.5) is 0 Å². The van der Waals surface area contributed by atoms with Crippen LogP contribution in [-0.2, 0) is 0 Å². The molecule has 0 aliphatic heterocycles. The first-order chi connectivity index (χ1) is 9.06. The van der Waals surface area contributed by atoms with E-state index in [1.807, 2.05) is 0 Å². The Morgan fingerprint density at radius 1 is 1.37 bits per heavy atom. The standard InChI is InChI=1S/C13H15N3O3/c1-8(17)7-14-12(18)10-3-5-11(6-4-10)13-16-15-9(2)19-13/h3-6,8,17H,7H2,1-2H3,(H,14,18). The second-order valence-corrected chi connectivity index (χ2v) is 4.26. The molecule has 1 heterocycles. The Hall–Kier alpha value is -2.21. The number of hydrogen-bond donors (Lipinski definition) is 2. The van der Waals surface area contributed by atoms with Crippen LogP contribution in [0.15, 0.2) is 28.7 Å². The van der Waals surface area contributed by atoms with Crippen LogP contribution in [0.2, 0.25) is 0 Å². The van der Waals surface area contributed by atoms with Crippen molar-refractivity contribution in [2.24, 2.45) is 0 Å². The van der Waals surface area contributed by atoms with Crippen LogP contribution in [0.1, 0.15) is 23.2 Å². The smallest absolute Gasteiger partial charge is 0.251 e. The van der Waals surface area contributed by atoms with E-state index < -0.39 is 6.10 Å². The summed E-state index contributed by atoms with van der Waals surface area (Å²) in [6.45, 7) is 3.55. The molecule has 1 amide bonds. The Bertz CT molecular complexity index is 561. The largest absolute Gasteiger partial charge is 0.421 e. The molecule has 0 saturated carbocycles. The number of nitrogens with one attached hydrogen (secondary N) is 1. The molecule has 0 saturated heterocycles. The fraction of sp³-hybridized carbons (Fsp3) is 0.308. The van der Waals surface area contributed by atoms with E-state index in [-0.39, 0.29) is 12.5 Å². The predicted octanol–water partition coefficient (Wildman–Crippen LogP) is 1.16. The molecule has 0 aliphatic carbocycles. The SMILES string of the molecule is Cc1nnc(-c2ccc(C(=O)NCC(C)O)cc2)o1. The summed E-state index contributed by atoms with van der Waals surface area (Å²) in [6.07, 6.45) is -0.565. The zero-order valence-corrected chi connectivity index (χ0v) is 10.8. The van der Waals surface area contributed by atoms with Crippen LogP contribution >= 0.6 is 0 Å². The Balaban J connectivity index is 2.08. The molecule has 1 aromatic heterocycles. The zero-order valence-electron chi connectivity index (χ0n) is 10.8. The number of aryl methyl sites for hydroxylation is 1. The third-order valence-electron chi connectivity index (χ3n) is 2.48. The molecule has 0 fully saturated rings. The maximum atomic E-state index is 11.7. The van der Waals surface area contributed by atoms with Gasteiger partial charge in [0, 0.05) is 24.6 Å². The summed E-state index contributed by atoms with van der Waals surface area (Å²) in [6, 6.07) is 6.83. The highest BCUT2D eigenvalue weighted by molar-refractivity contribution is 5.94. The Labute approximate surface area is 110 Å². The maximum Gasteiger partial charge on any atom is 0.251 e. The number of aromatic nitrogens is 2. The van der Waals surface area contributed by atoms with Gasteiger partial charge in [-0.2, -0.15) is 0 Å². The number of carbonyl (C=O) groups is 1. The normalized spacial score (nSPS) is 12.2. The molecule has 2 N–H and O–H groups in total. The lowest BCUT2D eigenvalue weighted by molar-refractivity contribution is 0.0924. The van der Waals surface area contributed by atoms with E-state index in [9.17, 15) is 4.79 Å². The highest BCUT2D eigenvalue weighted by Gasteiger charge is 2.09. The molecule has 0 bridgehead atoms. The van der Waals surface area contributed by atoms with Gasteiger partial charge in [-0.3, -0.25) is 4.79 Å². The summed E-state index contributed by atoms with van der Waals surface area (Å²) in [5.74, 6) is 0.691. The lowest BCUT2D eigenvalue weighted by atomic mass is 10.1. The van der Waals surface area contributed by atoms with Crippen molar-refractivity contribution in [2.75, 3.05) is 6.54 Å². The van der Waals surface area contributed by atoms with Gasteiger partial charge < -0.3 is 14.8 Å². The molecule has 0 radical (unpaired) electrons. The van der Waals surface area contributed by atoms with Crippen molar-refractivity contribution in [1.29, 1.82) is 0 Å². The number of hydrogen-bond acceptors (Lipinski definition) is 5. The molecule has 2 rings (SSSR count). The first-order valence-electron chi connectivity index (χ1n) is 5.93. The van der Waals surface area contributed by atoms with Crippen LogP contribution in [-0.4, -0.2) is 33.9 Å². The van der Waals surface area contributed by atoms with Crippen LogP contribution in [0.25, 0.3) is 11.5 Å². The second-order valence-electron chi connectivity index (χ2n) is 4.26. The van der Waals surface area contributed by atoms with E-state index >= 15 is 0 Å². The number of aliphatic hydroxyl groups is 1. The van der Waals surface area contributed by atoms with Crippen molar-refractivity contribution < 1.29 is 14.3 Å². The van der Waals surface area contributed by atoms with Crippen LogP contribution in [0, 0.1) is 6.92 Å². The van der Waals surface area contributed by atoms with Gasteiger partial charge in [-0.1, -0.05) is 0 Å². The van der Waals surface area contributed by atoms with Gasteiger partial charge in [0.15, 0.2) is 0 Å². The van der Waals surface area contributed by atoms with Gasteiger partial charge in [0.1, 0.15) is 0 Å². The summed E-state index contributed by atoms with van der Waals surface area (Å²) in [4.78, 5) is 11.7. The van der Waals surface area contributed by atoms with Gasteiger partial charge in [0.25, 0.3) is 5.91 Å². The molecule has 6 heteroatoms. The van der Waals surface area contributed by atoms with E-state index in [2.05, 4.69) is 15.5 Å². The fourth-order valence-electron chi connectivity index (χ4n) is 1.52.